The van der Waals surface area contributed by atoms with Crippen LogP contribution < -0.4 is 5.32 Å². The van der Waals surface area contributed by atoms with Crippen molar-refractivity contribution < 1.29 is 18.8 Å². The van der Waals surface area contributed by atoms with Crippen LogP contribution in [0.1, 0.15) is 36.2 Å². The Bertz CT molecular complexity index is 680. The summed E-state index contributed by atoms with van der Waals surface area (Å²) in [5.41, 5.74) is 0.326. The molecular formula is C17H19FN2O3. The van der Waals surface area contributed by atoms with Crippen LogP contribution in [0.4, 0.5) is 4.39 Å². The van der Waals surface area contributed by atoms with E-state index in [9.17, 15) is 14.3 Å². The second kappa shape index (κ2) is 6.91. The van der Waals surface area contributed by atoms with Gasteiger partial charge in [-0.05, 0) is 30.9 Å². The predicted octanol–water partition coefficient (Wildman–Crippen LogP) is 2.76. The quantitative estimate of drug-likeness (QED) is 0.889. The highest BCUT2D eigenvalue weighted by Crippen LogP contribution is 2.27. The van der Waals surface area contributed by atoms with Crippen molar-refractivity contribution in [3.63, 3.8) is 0 Å². The van der Waals surface area contributed by atoms with Gasteiger partial charge in [0.25, 0.3) is 5.91 Å². The molecule has 0 radical (unpaired) electrons. The Hall–Kier alpha value is -2.21. The number of carbonyl (C=O) groups excluding carboxylic acids is 1. The molecular weight excluding hydrogens is 299 g/mol. The molecule has 5 nitrogen and oxygen atoms in total. The molecule has 1 fully saturated rings. The standard InChI is InChI=1S/C17H19FN2O3/c18-13-8-4-3-7-12(13)16-9-14(20-23-16)17(22)19-10-15(21)11-5-1-2-6-11/h3-4,7-9,11,15,21H,1-2,5-6,10H2,(H,19,22). The Morgan fingerprint density at radius 1 is 1.39 bits per heavy atom. The van der Waals surface area contributed by atoms with Gasteiger partial charge in [0, 0.05) is 12.6 Å². The number of hydrogen-bond acceptors (Lipinski definition) is 4. The van der Waals surface area contributed by atoms with Crippen molar-refractivity contribution in [1.82, 2.24) is 10.5 Å². The topological polar surface area (TPSA) is 75.4 Å². The third-order valence-corrected chi connectivity index (χ3v) is 4.30. The first-order valence-corrected chi connectivity index (χ1v) is 7.83. The van der Waals surface area contributed by atoms with Crippen LogP contribution in [-0.2, 0) is 0 Å². The minimum absolute atomic E-state index is 0.0712. The Morgan fingerprint density at radius 3 is 2.87 bits per heavy atom. The van der Waals surface area contributed by atoms with Gasteiger partial charge >= 0.3 is 0 Å². The third kappa shape index (κ3) is 3.59. The van der Waals surface area contributed by atoms with Crippen LogP contribution in [0.25, 0.3) is 11.3 Å². The fraction of sp³-hybridized carbons (Fsp3) is 0.412. The van der Waals surface area contributed by atoms with Gasteiger partial charge in [-0.1, -0.05) is 30.1 Å². The average molecular weight is 318 g/mol. The Kier molecular flexibility index (Phi) is 4.71. The summed E-state index contributed by atoms with van der Waals surface area (Å²) in [6.45, 7) is 0.186. The molecule has 1 saturated carbocycles. The van der Waals surface area contributed by atoms with Crippen molar-refractivity contribution in [2.45, 2.75) is 31.8 Å². The molecule has 23 heavy (non-hydrogen) atoms. The number of hydrogen-bond donors (Lipinski definition) is 2. The number of carbonyl (C=O) groups is 1. The number of aliphatic hydroxyl groups is 1. The molecule has 0 spiro atoms. The lowest BCUT2D eigenvalue weighted by Gasteiger charge is -2.17. The van der Waals surface area contributed by atoms with Gasteiger partial charge in [-0.15, -0.1) is 0 Å². The van der Waals surface area contributed by atoms with Gasteiger partial charge < -0.3 is 14.9 Å². The Labute approximate surface area is 133 Å². The van der Waals surface area contributed by atoms with E-state index in [1.807, 2.05) is 0 Å². The molecule has 1 aliphatic carbocycles. The van der Waals surface area contributed by atoms with E-state index < -0.39 is 17.8 Å². The molecule has 1 aromatic carbocycles. The smallest absolute Gasteiger partial charge is 0.273 e. The molecule has 1 aromatic heterocycles. The maximum Gasteiger partial charge on any atom is 0.273 e. The summed E-state index contributed by atoms with van der Waals surface area (Å²) in [6.07, 6.45) is 3.71. The number of nitrogens with one attached hydrogen (secondary N) is 1. The highest BCUT2D eigenvalue weighted by molar-refractivity contribution is 5.93. The van der Waals surface area contributed by atoms with Gasteiger partial charge in [0.1, 0.15) is 5.82 Å². The van der Waals surface area contributed by atoms with E-state index in [1.54, 1.807) is 18.2 Å². The summed E-state index contributed by atoms with van der Waals surface area (Å²) in [7, 11) is 0. The normalized spacial score (nSPS) is 16.4. The first kappa shape index (κ1) is 15.7. The van der Waals surface area contributed by atoms with Crippen molar-refractivity contribution in [2.75, 3.05) is 6.54 Å². The summed E-state index contributed by atoms with van der Waals surface area (Å²) in [5, 5.41) is 16.4. The number of benzene rings is 1. The number of aromatic nitrogens is 1. The highest BCUT2D eigenvalue weighted by Gasteiger charge is 2.24. The molecule has 6 heteroatoms. The van der Waals surface area contributed by atoms with Gasteiger partial charge in [-0.3, -0.25) is 4.79 Å². The first-order valence-electron chi connectivity index (χ1n) is 7.83. The fourth-order valence-corrected chi connectivity index (χ4v) is 2.97. The maximum absolute atomic E-state index is 13.7. The molecule has 0 saturated heterocycles. The molecule has 1 aliphatic rings. The number of amides is 1. The van der Waals surface area contributed by atoms with Crippen LogP contribution in [0.5, 0.6) is 0 Å². The van der Waals surface area contributed by atoms with Gasteiger partial charge in [0.2, 0.25) is 0 Å². The second-order valence-corrected chi connectivity index (χ2v) is 5.88. The zero-order valence-electron chi connectivity index (χ0n) is 12.7. The van der Waals surface area contributed by atoms with E-state index in [0.29, 0.717) is 0 Å². The largest absolute Gasteiger partial charge is 0.391 e. The number of halogens is 1. The fourth-order valence-electron chi connectivity index (χ4n) is 2.97. The molecule has 0 aliphatic heterocycles. The summed E-state index contributed by atoms with van der Waals surface area (Å²) in [5.74, 6) is -0.424. The highest BCUT2D eigenvalue weighted by atomic mass is 19.1. The van der Waals surface area contributed by atoms with E-state index in [0.717, 1.165) is 25.7 Å². The molecule has 122 valence electrons. The van der Waals surface area contributed by atoms with Crippen molar-refractivity contribution >= 4 is 5.91 Å². The van der Waals surface area contributed by atoms with Crippen LogP contribution in [0, 0.1) is 11.7 Å². The number of rotatable bonds is 5. The minimum Gasteiger partial charge on any atom is -0.391 e. The predicted molar refractivity (Wildman–Crippen MR) is 82.2 cm³/mol. The van der Waals surface area contributed by atoms with Crippen LogP contribution in [-0.4, -0.2) is 28.8 Å². The van der Waals surface area contributed by atoms with Gasteiger partial charge in [0.05, 0.1) is 11.7 Å². The zero-order chi connectivity index (χ0) is 16.2. The lowest BCUT2D eigenvalue weighted by molar-refractivity contribution is 0.0833. The number of nitrogens with zero attached hydrogens (tertiary/aromatic N) is 1. The van der Waals surface area contributed by atoms with E-state index in [-0.39, 0.29) is 29.5 Å². The van der Waals surface area contributed by atoms with Crippen molar-refractivity contribution in [3.8, 4) is 11.3 Å². The van der Waals surface area contributed by atoms with E-state index in [4.69, 9.17) is 4.52 Å². The zero-order valence-corrected chi connectivity index (χ0v) is 12.7. The van der Waals surface area contributed by atoms with Crippen LogP contribution in [0.3, 0.4) is 0 Å². The molecule has 1 unspecified atom stereocenters. The SMILES string of the molecule is O=C(NCC(O)C1CCCC1)c1cc(-c2ccccc2F)on1. The molecule has 2 aromatic rings. The Morgan fingerprint density at radius 2 is 2.13 bits per heavy atom. The lowest BCUT2D eigenvalue weighted by Crippen LogP contribution is -2.35. The molecule has 1 heterocycles. The lowest BCUT2D eigenvalue weighted by atomic mass is 10.0. The molecule has 1 atom stereocenters. The number of aliphatic hydroxyl groups excluding tert-OH is 1. The van der Waals surface area contributed by atoms with E-state index in [2.05, 4.69) is 10.5 Å². The summed E-state index contributed by atoms with van der Waals surface area (Å²) in [4.78, 5) is 12.1. The van der Waals surface area contributed by atoms with E-state index >= 15 is 0 Å². The van der Waals surface area contributed by atoms with Gasteiger partial charge in [-0.25, -0.2) is 4.39 Å². The Balaban J connectivity index is 1.61. The first-order chi connectivity index (χ1) is 11.1. The van der Waals surface area contributed by atoms with Crippen molar-refractivity contribution in [3.05, 3.63) is 41.8 Å². The molecule has 3 rings (SSSR count). The third-order valence-electron chi connectivity index (χ3n) is 4.30. The molecule has 0 bridgehead atoms. The van der Waals surface area contributed by atoms with Crippen molar-refractivity contribution in [2.24, 2.45) is 5.92 Å². The van der Waals surface area contributed by atoms with Gasteiger partial charge in [-0.2, -0.15) is 0 Å². The average Bonchev–Trinajstić information content (AvgIpc) is 3.24. The minimum atomic E-state index is -0.542. The van der Waals surface area contributed by atoms with Crippen LogP contribution in [0.15, 0.2) is 34.9 Å². The van der Waals surface area contributed by atoms with Crippen LogP contribution >= 0.6 is 0 Å². The van der Waals surface area contributed by atoms with Crippen LogP contribution in [0.2, 0.25) is 0 Å². The summed E-state index contributed by atoms with van der Waals surface area (Å²) < 4.78 is 18.7. The molecule has 2 N–H and O–H groups in total. The summed E-state index contributed by atoms with van der Waals surface area (Å²) in [6, 6.07) is 7.53. The summed E-state index contributed by atoms with van der Waals surface area (Å²) >= 11 is 0. The second-order valence-electron chi connectivity index (χ2n) is 5.88. The monoisotopic (exact) mass is 318 g/mol. The van der Waals surface area contributed by atoms with Crippen molar-refractivity contribution in [1.29, 1.82) is 0 Å². The maximum atomic E-state index is 13.7. The van der Waals surface area contributed by atoms with Gasteiger partial charge in [0.15, 0.2) is 11.5 Å². The van der Waals surface area contributed by atoms with E-state index in [1.165, 1.54) is 12.1 Å². The molecule has 1 amide bonds.